The number of nitrogens with zero attached hydrogens (tertiary/aromatic N) is 2. The molecule has 0 aliphatic carbocycles. The lowest BCUT2D eigenvalue weighted by Crippen LogP contribution is -2.44. The van der Waals surface area contributed by atoms with Gasteiger partial charge in [0.15, 0.2) is 0 Å². The van der Waals surface area contributed by atoms with Crippen LogP contribution >= 0.6 is 0 Å². The number of nitrogens with two attached hydrogens (primary N) is 1. The average molecular weight is 213 g/mol. The van der Waals surface area contributed by atoms with Gasteiger partial charge in [0.05, 0.1) is 0 Å². The van der Waals surface area contributed by atoms with Crippen LogP contribution in [0.25, 0.3) is 0 Å². The van der Waals surface area contributed by atoms with Crippen LogP contribution in [0.3, 0.4) is 0 Å². The van der Waals surface area contributed by atoms with Crippen molar-refractivity contribution in [1.82, 2.24) is 15.6 Å². The highest BCUT2D eigenvalue weighted by Crippen LogP contribution is 2.05. The first-order chi connectivity index (χ1) is 7.36. The van der Waals surface area contributed by atoms with Crippen LogP contribution in [0.5, 0.6) is 0 Å². The van der Waals surface area contributed by atoms with Gasteiger partial charge in [0.25, 0.3) is 0 Å². The molecule has 1 heterocycles. The van der Waals surface area contributed by atoms with Crippen molar-refractivity contribution in [2.75, 3.05) is 32.7 Å². The SMILES string of the molecule is CCCN=C(NN)NCCN1CCCC1. The summed E-state index contributed by atoms with van der Waals surface area (Å²) in [7, 11) is 0. The molecule has 0 unspecified atom stereocenters. The first-order valence-corrected chi connectivity index (χ1v) is 5.84. The molecule has 1 rings (SSSR count). The third-order valence-electron chi connectivity index (χ3n) is 2.55. The van der Waals surface area contributed by atoms with Crippen molar-refractivity contribution in [3.63, 3.8) is 0 Å². The fraction of sp³-hybridized carbons (Fsp3) is 0.900. The summed E-state index contributed by atoms with van der Waals surface area (Å²) in [5, 5.41) is 3.20. The molecule has 15 heavy (non-hydrogen) atoms. The number of likely N-dealkylation sites (tertiary alicyclic amines) is 1. The van der Waals surface area contributed by atoms with E-state index in [1.807, 2.05) is 0 Å². The van der Waals surface area contributed by atoms with Gasteiger partial charge in [-0.1, -0.05) is 6.92 Å². The monoisotopic (exact) mass is 213 g/mol. The van der Waals surface area contributed by atoms with E-state index in [1.165, 1.54) is 25.9 Å². The van der Waals surface area contributed by atoms with Crippen LogP contribution < -0.4 is 16.6 Å². The minimum absolute atomic E-state index is 0.705. The average Bonchev–Trinajstić information content (AvgIpc) is 2.76. The van der Waals surface area contributed by atoms with Crippen molar-refractivity contribution in [3.8, 4) is 0 Å². The number of guanidine groups is 1. The third-order valence-corrected chi connectivity index (χ3v) is 2.55. The Kier molecular flexibility index (Phi) is 6.11. The molecule has 0 radical (unpaired) electrons. The minimum atomic E-state index is 0.705. The molecule has 0 aromatic heterocycles. The highest BCUT2D eigenvalue weighted by molar-refractivity contribution is 5.79. The van der Waals surface area contributed by atoms with Crippen LogP contribution in [-0.2, 0) is 0 Å². The minimum Gasteiger partial charge on any atom is -0.354 e. The number of aliphatic imine (C=N–C) groups is 1. The van der Waals surface area contributed by atoms with Gasteiger partial charge in [-0.3, -0.25) is 10.4 Å². The topological polar surface area (TPSA) is 65.7 Å². The lowest BCUT2D eigenvalue weighted by molar-refractivity contribution is 0.343. The van der Waals surface area contributed by atoms with E-state index in [0.717, 1.165) is 26.1 Å². The summed E-state index contributed by atoms with van der Waals surface area (Å²) in [6.07, 6.45) is 3.72. The fourth-order valence-corrected chi connectivity index (χ4v) is 1.71. The van der Waals surface area contributed by atoms with Gasteiger partial charge in [-0.15, -0.1) is 0 Å². The zero-order valence-corrected chi connectivity index (χ0v) is 9.63. The van der Waals surface area contributed by atoms with Gasteiger partial charge in [0.2, 0.25) is 5.96 Å². The predicted octanol–water partition coefficient (Wildman–Crippen LogP) is -0.0989. The van der Waals surface area contributed by atoms with Crippen molar-refractivity contribution in [1.29, 1.82) is 0 Å². The molecule has 1 aliphatic rings. The van der Waals surface area contributed by atoms with Crippen LogP contribution in [0.15, 0.2) is 4.99 Å². The van der Waals surface area contributed by atoms with Crippen molar-refractivity contribution in [3.05, 3.63) is 0 Å². The summed E-state index contributed by atoms with van der Waals surface area (Å²) in [6, 6.07) is 0. The Morgan fingerprint density at radius 3 is 2.73 bits per heavy atom. The van der Waals surface area contributed by atoms with Gasteiger partial charge in [-0.25, -0.2) is 5.84 Å². The second kappa shape index (κ2) is 7.48. The summed E-state index contributed by atoms with van der Waals surface area (Å²) in [5.74, 6) is 6.06. The van der Waals surface area contributed by atoms with E-state index in [2.05, 4.69) is 27.6 Å². The fourth-order valence-electron chi connectivity index (χ4n) is 1.71. The Labute approximate surface area is 92.1 Å². The molecule has 0 amide bonds. The quantitative estimate of drug-likeness (QED) is 0.258. The van der Waals surface area contributed by atoms with E-state index in [0.29, 0.717) is 5.96 Å². The second-order valence-corrected chi connectivity index (χ2v) is 3.85. The number of hydrogen-bond acceptors (Lipinski definition) is 3. The smallest absolute Gasteiger partial charge is 0.205 e. The maximum Gasteiger partial charge on any atom is 0.205 e. The molecule has 0 saturated carbocycles. The van der Waals surface area contributed by atoms with Crippen LogP contribution in [0, 0.1) is 0 Å². The van der Waals surface area contributed by atoms with Crippen LogP contribution in [0.4, 0.5) is 0 Å². The van der Waals surface area contributed by atoms with Crippen molar-refractivity contribution < 1.29 is 0 Å². The molecule has 0 bridgehead atoms. The van der Waals surface area contributed by atoms with Gasteiger partial charge in [0, 0.05) is 19.6 Å². The number of hydrazine groups is 1. The molecule has 5 nitrogen and oxygen atoms in total. The first-order valence-electron chi connectivity index (χ1n) is 5.84. The summed E-state index contributed by atoms with van der Waals surface area (Å²) in [5.41, 5.74) is 2.58. The lowest BCUT2D eigenvalue weighted by atomic mass is 10.4. The molecule has 5 heteroatoms. The normalized spacial score (nSPS) is 18.1. The lowest BCUT2D eigenvalue weighted by Gasteiger charge is -2.15. The molecular formula is C10H23N5. The standard InChI is InChI=1S/C10H23N5/c1-2-5-12-10(14-11)13-6-9-15-7-3-4-8-15/h2-9,11H2,1H3,(H2,12,13,14). The number of nitrogens with one attached hydrogen (secondary N) is 2. The van der Waals surface area contributed by atoms with Crippen molar-refractivity contribution in [2.24, 2.45) is 10.8 Å². The summed E-state index contributed by atoms with van der Waals surface area (Å²) >= 11 is 0. The molecule has 1 saturated heterocycles. The third kappa shape index (κ3) is 4.99. The maximum absolute atomic E-state index is 5.35. The van der Waals surface area contributed by atoms with Gasteiger partial charge < -0.3 is 10.2 Å². The van der Waals surface area contributed by atoms with Crippen LogP contribution in [0.1, 0.15) is 26.2 Å². The van der Waals surface area contributed by atoms with Gasteiger partial charge in [0.1, 0.15) is 0 Å². The van der Waals surface area contributed by atoms with E-state index < -0.39 is 0 Å². The highest BCUT2D eigenvalue weighted by atomic mass is 15.3. The summed E-state index contributed by atoms with van der Waals surface area (Å²) in [6.45, 7) is 7.37. The highest BCUT2D eigenvalue weighted by Gasteiger charge is 2.10. The molecule has 88 valence electrons. The second-order valence-electron chi connectivity index (χ2n) is 3.85. The molecular weight excluding hydrogens is 190 g/mol. The van der Waals surface area contributed by atoms with E-state index >= 15 is 0 Å². The molecule has 0 aromatic rings. The van der Waals surface area contributed by atoms with Crippen LogP contribution in [-0.4, -0.2) is 43.6 Å². The molecule has 1 fully saturated rings. The van der Waals surface area contributed by atoms with Crippen molar-refractivity contribution >= 4 is 5.96 Å². The van der Waals surface area contributed by atoms with E-state index in [9.17, 15) is 0 Å². The molecule has 4 N–H and O–H groups in total. The van der Waals surface area contributed by atoms with Gasteiger partial charge >= 0.3 is 0 Å². The molecule has 0 aromatic carbocycles. The number of rotatable bonds is 5. The Balaban J connectivity index is 2.10. The van der Waals surface area contributed by atoms with E-state index in [4.69, 9.17) is 5.84 Å². The summed E-state index contributed by atoms with van der Waals surface area (Å²) < 4.78 is 0. The molecule has 1 aliphatic heterocycles. The predicted molar refractivity (Wildman–Crippen MR) is 63.6 cm³/mol. The van der Waals surface area contributed by atoms with E-state index in [-0.39, 0.29) is 0 Å². The largest absolute Gasteiger partial charge is 0.354 e. The first kappa shape index (κ1) is 12.3. The van der Waals surface area contributed by atoms with E-state index in [1.54, 1.807) is 0 Å². The Hall–Kier alpha value is -0.810. The van der Waals surface area contributed by atoms with Crippen LogP contribution in [0.2, 0.25) is 0 Å². The van der Waals surface area contributed by atoms with Crippen molar-refractivity contribution in [2.45, 2.75) is 26.2 Å². The maximum atomic E-state index is 5.35. The Morgan fingerprint density at radius 1 is 1.40 bits per heavy atom. The summed E-state index contributed by atoms with van der Waals surface area (Å²) in [4.78, 5) is 6.74. The Morgan fingerprint density at radius 2 is 2.13 bits per heavy atom. The zero-order chi connectivity index (χ0) is 10.9. The molecule has 0 atom stereocenters. The Bertz CT molecular complexity index is 186. The molecule has 0 spiro atoms. The van der Waals surface area contributed by atoms with Gasteiger partial charge in [-0.05, 0) is 32.4 Å². The number of hydrogen-bond donors (Lipinski definition) is 3. The zero-order valence-electron chi connectivity index (χ0n) is 9.63. The van der Waals surface area contributed by atoms with Gasteiger partial charge in [-0.2, -0.15) is 0 Å².